The van der Waals surface area contributed by atoms with E-state index >= 15 is 0 Å². The normalized spacial score (nSPS) is 14.5. The highest BCUT2D eigenvalue weighted by atomic mass is 35.5. The van der Waals surface area contributed by atoms with Crippen molar-refractivity contribution in [3.05, 3.63) is 76.5 Å². The van der Waals surface area contributed by atoms with Gasteiger partial charge in [-0.05, 0) is 6.07 Å². The minimum absolute atomic E-state index is 0.00921. The Labute approximate surface area is 137 Å². The molecule has 3 aromatic rings. The second-order valence-electron chi connectivity index (χ2n) is 5.56. The maximum atomic E-state index is 12.9. The van der Waals surface area contributed by atoms with E-state index in [4.69, 9.17) is 11.6 Å². The van der Waals surface area contributed by atoms with E-state index in [2.05, 4.69) is 0 Å². The van der Waals surface area contributed by atoms with Crippen LogP contribution in [0.1, 0.15) is 26.3 Å². The Hall–Kier alpha value is -2.65. The molecule has 0 unspecified atom stereocenters. The molecular formula is C19H12ClNO2. The number of fused-ring (bicyclic) bond motifs is 2. The molecule has 0 saturated carbocycles. The number of rotatable bonds is 1. The average Bonchev–Trinajstić information content (AvgIpc) is 2.90. The maximum Gasteiger partial charge on any atom is 0.205 e. The molecule has 0 bridgehead atoms. The maximum absolute atomic E-state index is 12.9. The number of carbonyl (C=O) groups is 2. The van der Waals surface area contributed by atoms with E-state index in [1.54, 1.807) is 24.3 Å². The number of aryl methyl sites for hydroxylation is 1. The standard InChI is InChI=1S/C19H12ClNO2/c1-21-10-14(11-6-4-5-9-15(11)21)16-17(20)19(23)13-8-3-2-7-12(13)18(16)22/h2-10H,1H3. The number of Topliss-reactive ketones (excluding diaryl/α,β-unsaturated/α-hetero) is 2. The Morgan fingerprint density at radius 1 is 0.826 bits per heavy atom. The summed E-state index contributed by atoms with van der Waals surface area (Å²) >= 11 is 6.30. The van der Waals surface area contributed by atoms with Crippen LogP contribution >= 0.6 is 11.6 Å². The van der Waals surface area contributed by atoms with Gasteiger partial charge in [0.05, 0.1) is 5.57 Å². The fourth-order valence-electron chi connectivity index (χ4n) is 3.13. The number of hydrogen-bond donors (Lipinski definition) is 0. The molecule has 4 heteroatoms. The fraction of sp³-hybridized carbons (Fsp3) is 0.0526. The Balaban J connectivity index is 2.03. The van der Waals surface area contributed by atoms with Crippen molar-refractivity contribution in [1.29, 1.82) is 0 Å². The zero-order valence-corrected chi connectivity index (χ0v) is 13.1. The van der Waals surface area contributed by atoms with E-state index in [9.17, 15) is 9.59 Å². The van der Waals surface area contributed by atoms with Crippen LogP contribution < -0.4 is 0 Å². The minimum Gasteiger partial charge on any atom is -0.350 e. The molecule has 0 saturated heterocycles. The third-order valence-electron chi connectivity index (χ3n) is 4.23. The molecule has 0 aliphatic heterocycles. The van der Waals surface area contributed by atoms with Crippen LogP contribution in [0.3, 0.4) is 0 Å². The zero-order valence-electron chi connectivity index (χ0n) is 12.3. The molecular weight excluding hydrogens is 310 g/mol. The lowest BCUT2D eigenvalue weighted by Crippen LogP contribution is -2.19. The molecule has 4 rings (SSSR count). The molecule has 0 atom stereocenters. The summed E-state index contributed by atoms with van der Waals surface area (Å²) in [5.74, 6) is -0.508. The quantitative estimate of drug-likeness (QED) is 0.673. The highest BCUT2D eigenvalue weighted by molar-refractivity contribution is 6.57. The van der Waals surface area contributed by atoms with Crippen molar-refractivity contribution in [2.45, 2.75) is 0 Å². The summed E-state index contributed by atoms with van der Waals surface area (Å²) in [6.07, 6.45) is 1.85. The SMILES string of the molecule is Cn1cc(C2=C(Cl)C(=O)c3ccccc3C2=O)c2ccccc21. The van der Waals surface area contributed by atoms with Gasteiger partial charge >= 0.3 is 0 Å². The molecule has 0 N–H and O–H groups in total. The molecule has 0 amide bonds. The lowest BCUT2D eigenvalue weighted by Gasteiger charge is -2.17. The van der Waals surface area contributed by atoms with Crippen LogP contribution in [0.2, 0.25) is 0 Å². The van der Waals surface area contributed by atoms with Gasteiger partial charge < -0.3 is 4.57 Å². The number of para-hydroxylation sites is 1. The number of nitrogens with zero attached hydrogens (tertiary/aromatic N) is 1. The monoisotopic (exact) mass is 321 g/mol. The number of ketones is 2. The molecule has 1 aliphatic carbocycles. The minimum atomic E-state index is -0.301. The van der Waals surface area contributed by atoms with Crippen molar-refractivity contribution in [2.24, 2.45) is 7.05 Å². The summed E-state index contributed by atoms with van der Waals surface area (Å²) in [7, 11) is 1.91. The highest BCUT2D eigenvalue weighted by Gasteiger charge is 2.33. The van der Waals surface area contributed by atoms with Crippen molar-refractivity contribution >= 4 is 39.6 Å². The van der Waals surface area contributed by atoms with Crippen molar-refractivity contribution in [3.8, 4) is 0 Å². The molecule has 23 heavy (non-hydrogen) atoms. The topological polar surface area (TPSA) is 39.1 Å². The predicted molar refractivity (Wildman–Crippen MR) is 90.8 cm³/mol. The van der Waals surface area contributed by atoms with E-state index in [1.165, 1.54) is 0 Å². The van der Waals surface area contributed by atoms with Crippen molar-refractivity contribution < 1.29 is 9.59 Å². The number of aromatic nitrogens is 1. The van der Waals surface area contributed by atoms with Crippen LogP contribution in [0.4, 0.5) is 0 Å². The Morgan fingerprint density at radius 3 is 2.17 bits per heavy atom. The van der Waals surface area contributed by atoms with Gasteiger partial charge in [0.1, 0.15) is 5.03 Å². The van der Waals surface area contributed by atoms with Crippen LogP contribution in [0.25, 0.3) is 16.5 Å². The lowest BCUT2D eigenvalue weighted by molar-refractivity contribution is 0.0998. The van der Waals surface area contributed by atoms with Crippen molar-refractivity contribution in [2.75, 3.05) is 0 Å². The highest BCUT2D eigenvalue weighted by Crippen LogP contribution is 2.37. The first-order chi connectivity index (χ1) is 11.1. The van der Waals surface area contributed by atoms with Gasteiger partial charge in [-0.2, -0.15) is 0 Å². The van der Waals surface area contributed by atoms with Crippen molar-refractivity contribution in [1.82, 2.24) is 4.57 Å². The number of benzene rings is 2. The molecule has 1 aromatic heterocycles. The molecule has 2 aromatic carbocycles. The summed E-state index contributed by atoms with van der Waals surface area (Å²) < 4.78 is 1.93. The second kappa shape index (κ2) is 4.93. The third kappa shape index (κ3) is 1.90. The van der Waals surface area contributed by atoms with E-state index in [1.807, 2.05) is 42.1 Å². The van der Waals surface area contributed by atoms with Gasteiger partial charge in [0.2, 0.25) is 5.78 Å². The number of hydrogen-bond acceptors (Lipinski definition) is 2. The Kier molecular flexibility index (Phi) is 3.00. The lowest BCUT2D eigenvalue weighted by atomic mass is 9.86. The summed E-state index contributed by atoms with van der Waals surface area (Å²) in [6.45, 7) is 0. The molecule has 3 nitrogen and oxygen atoms in total. The zero-order chi connectivity index (χ0) is 16.1. The van der Waals surface area contributed by atoms with Gasteiger partial charge in [-0.15, -0.1) is 0 Å². The Bertz CT molecular complexity index is 1030. The van der Waals surface area contributed by atoms with Gasteiger partial charge in [-0.25, -0.2) is 0 Å². The van der Waals surface area contributed by atoms with Gasteiger partial charge in [0.15, 0.2) is 5.78 Å². The largest absolute Gasteiger partial charge is 0.350 e. The number of carbonyl (C=O) groups excluding carboxylic acids is 2. The molecule has 112 valence electrons. The second-order valence-corrected chi connectivity index (χ2v) is 5.94. The number of allylic oxidation sites excluding steroid dienone is 2. The summed E-state index contributed by atoms with van der Waals surface area (Å²) in [4.78, 5) is 25.5. The van der Waals surface area contributed by atoms with Crippen LogP contribution in [0.15, 0.2) is 59.8 Å². The van der Waals surface area contributed by atoms with E-state index in [0.717, 1.165) is 10.9 Å². The van der Waals surface area contributed by atoms with Gasteiger partial charge in [-0.3, -0.25) is 9.59 Å². The van der Waals surface area contributed by atoms with Crippen LogP contribution in [-0.2, 0) is 7.05 Å². The predicted octanol–water partition coefficient (Wildman–Crippen LogP) is 4.21. The average molecular weight is 322 g/mol. The molecule has 0 fully saturated rings. The first-order valence-electron chi connectivity index (χ1n) is 7.22. The van der Waals surface area contributed by atoms with Crippen LogP contribution in [0, 0.1) is 0 Å². The van der Waals surface area contributed by atoms with Crippen LogP contribution in [0.5, 0.6) is 0 Å². The molecule has 1 heterocycles. The first kappa shape index (κ1) is 14.0. The van der Waals surface area contributed by atoms with E-state index in [-0.39, 0.29) is 22.2 Å². The summed E-state index contributed by atoms with van der Waals surface area (Å²) in [5.41, 5.74) is 2.74. The fourth-order valence-corrected chi connectivity index (χ4v) is 3.42. The van der Waals surface area contributed by atoms with Crippen LogP contribution in [-0.4, -0.2) is 16.1 Å². The van der Waals surface area contributed by atoms with E-state index in [0.29, 0.717) is 16.7 Å². The van der Waals surface area contributed by atoms with Gasteiger partial charge in [0.25, 0.3) is 0 Å². The van der Waals surface area contributed by atoms with Gasteiger partial charge in [0, 0.05) is 40.8 Å². The number of halogens is 1. The van der Waals surface area contributed by atoms with Crippen molar-refractivity contribution in [3.63, 3.8) is 0 Å². The summed E-state index contributed by atoms with van der Waals surface area (Å²) in [6, 6.07) is 14.5. The van der Waals surface area contributed by atoms with E-state index < -0.39 is 0 Å². The molecule has 1 aliphatic rings. The molecule has 0 radical (unpaired) electrons. The molecule has 0 spiro atoms. The first-order valence-corrected chi connectivity index (χ1v) is 7.60. The smallest absolute Gasteiger partial charge is 0.205 e. The van der Waals surface area contributed by atoms with Gasteiger partial charge in [-0.1, -0.05) is 54.1 Å². The third-order valence-corrected chi connectivity index (χ3v) is 4.59. The summed E-state index contributed by atoms with van der Waals surface area (Å²) in [5, 5.41) is 0.897. The Morgan fingerprint density at radius 2 is 1.43 bits per heavy atom.